The molecule has 2 aliphatic rings. The molecule has 2 aliphatic heterocycles. The fourth-order valence-electron chi connectivity index (χ4n) is 4.13. The normalized spacial score (nSPS) is 24.8. The Balaban J connectivity index is 1.47. The molecule has 2 bridgehead atoms. The second-order valence-corrected chi connectivity index (χ2v) is 7.25. The Kier molecular flexibility index (Phi) is 4.45. The van der Waals surface area contributed by atoms with Gasteiger partial charge in [0.2, 0.25) is 0 Å². The number of anilines is 2. The van der Waals surface area contributed by atoms with Crippen LogP contribution in [0.1, 0.15) is 36.0 Å². The van der Waals surface area contributed by atoms with Gasteiger partial charge in [0.1, 0.15) is 0 Å². The first-order valence-corrected chi connectivity index (χ1v) is 9.14. The molecule has 2 N–H and O–H groups in total. The number of nitrogens with one attached hydrogen (secondary N) is 2. The molecule has 25 heavy (non-hydrogen) atoms. The molecule has 0 spiro atoms. The van der Waals surface area contributed by atoms with E-state index in [1.165, 1.54) is 12.8 Å². The molecule has 0 aliphatic carbocycles. The lowest BCUT2D eigenvalue weighted by Gasteiger charge is -2.35. The van der Waals surface area contributed by atoms with Crippen molar-refractivity contribution in [1.29, 1.82) is 0 Å². The molecule has 2 atom stereocenters. The molecular weight excluding hydrogens is 310 g/mol. The minimum Gasteiger partial charge on any atom is -0.356 e. The number of amides is 1. The lowest BCUT2D eigenvalue weighted by Crippen LogP contribution is -2.48. The van der Waals surface area contributed by atoms with Crippen molar-refractivity contribution in [3.63, 3.8) is 0 Å². The van der Waals surface area contributed by atoms with E-state index >= 15 is 0 Å². The molecule has 2 fully saturated rings. The summed E-state index contributed by atoms with van der Waals surface area (Å²) in [6.07, 6.45) is 4.64. The zero-order valence-electron chi connectivity index (χ0n) is 14.6. The van der Waals surface area contributed by atoms with Crippen molar-refractivity contribution in [2.75, 3.05) is 12.4 Å². The summed E-state index contributed by atoms with van der Waals surface area (Å²) in [7, 11) is 1.95. The molecule has 2 heterocycles. The monoisotopic (exact) mass is 335 g/mol. The Bertz CT molecular complexity index is 734. The second-order valence-electron chi connectivity index (χ2n) is 7.25. The van der Waals surface area contributed by atoms with Gasteiger partial charge in [-0.05, 0) is 56.0 Å². The van der Waals surface area contributed by atoms with Crippen molar-refractivity contribution in [3.05, 3.63) is 60.2 Å². The van der Waals surface area contributed by atoms with Crippen molar-refractivity contribution < 1.29 is 4.79 Å². The van der Waals surface area contributed by atoms with Crippen LogP contribution in [0, 0.1) is 0 Å². The highest BCUT2D eigenvalue weighted by atomic mass is 16.2. The van der Waals surface area contributed by atoms with Gasteiger partial charge in [0.15, 0.2) is 0 Å². The summed E-state index contributed by atoms with van der Waals surface area (Å²) in [5.74, 6) is 0.114. The minimum atomic E-state index is 0.114. The van der Waals surface area contributed by atoms with E-state index in [0.29, 0.717) is 18.1 Å². The van der Waals surface area contributed by atoms with Gasteiger partial charge >= 0.3 is 0 Å². The van der Waals surface area contributed by atoms with Gasteiger partial charge in [-0.3, -0.25) is 4.79 Å². The molecule has 4 rings (SSSR count). The van der Waals surface area contributed by atoms with Crippen LogP contribution >= 0.6 is 0 Å². The predicted molar refractivity (Wildman–Crippen MR) is 101 cm³/mol. The number of para-hydroxylation sites is 1. The molecule has 4 heteroatoms. The summed E-state index contributed by atoms with van der Waals surface area (Å²) in [5, 5.41) is 7.00. The number of nitrogens with zero attached hydrogens (tertiary/aromatic N) is 1. The standard InChI is InChI=1S/C21H25N3O/c1-24(20-13-18-10-11-19(14-20)23-18)21(25)15-6-5-9-17(12-15)22-16-7-3-2-4-8-16/h2-9,12,18-20,22-23H,10-11,13-14H2,1H3. The number of hydrogen-bond donors (Lipinski definition) is 2. The van der Waals surface area contributed by atoms with Gasteiger partial charge in [-0.1, -0.05) is 24.3 Å². The third-order valence-corrected chi connectivity index (χ3v) is 5.49. The van der Waals surface area contributed by atoms with Gasteiger partial charge in [-0.25, -0.2) is 0 Å². The van der Waals surface area contributed by atoms with Gasteiger partial charge in [0.05, 0.1) is 0 Å². The first-order valence-electron chi connectivity index (χ1n) is 9.14. The Morgan fingerprint density at radius 2 is 1.68 bits per heavy atom. The fraction of sp³-hybridized carbons (Fsp3) is 0.381. The Morgan fingerprint density at radius 3 is 2.40 bits per heavy atom. The molecule has 2 saturated heterocycles. The number of carbonyl (C=O) groups excluding carboxylic acids is 1. The van der Waals surface area contributed by atoms with Crippen molar-refractivity contribution in [1.82, 2.24) is 10.2 Å². The highest BCUT2D eigenvalue weighted by molar-refractivity contribution is 5.95. The second kappa shape index (κ2) is 6.89. The molecular formula is C21H25N3O. The number of piperidine rings is 1. The topological polar surface area (TPSA) is 44.4 Å². The summed E-state index contributed by atoms with van der Waals surface area (Å²) in [6.45, 7) is 0. The molecule has 2 aromatic carbocycles. The molecule has 0 radical (unpaired) electrons. The van der Waals surface area contributed by atoms with E-state index in [9.17, 15) is 4.79 Å². The van der Waals surface area contributed by atoms with E-state index in [0.717, 1.165) is 29.8 Å². The lowest BCUT2D eigenvalue weighted by atomic mass is 9.98. The van der Waals surface area contributed by atoms with E-state index < -0.39 is 0 Å². The van der Waals surface area contributed by atoms with E-state index in [1.807, 2.05) is 66.5 Å². The van der Waals surface area contributed by atoms with Crippen molar-refractivity contribution in [2.45, 2.75) is 43.8 Å². The smallest absolute Gasteiger partial charge is 0.253 e. The maximum absolute atomic E-state index is 13.0. The maximum Gasteiger partial charge on any atom is 0.253 e. The predicted octanol–water partition coefficient (Wildman–Crippen LogP) is 3.79. The van der Waals surface area contributed by atoms with Gasteiger partial charge in [0, 0.05) is 42.1 Å². The van der Waals surface area contributed by atoms with Gasteiger partial charge < -0.3 is 15.5 Å². The van der Waals surface area contributed by atoms with E-state index in [2.05, 4.69) is 10.6 Å². The van der Waals surface area contributed by atoms with Crippen LogP contribution in [-0.4, -0.2) is 36.0 Å². The maximum atomic E-state index is 13.0. The summed E-state index contributed by atoms with van der Waals surface area (Å²) in [4.78, 5) is 14.9. The van der Waals surface area contributed by atoms with Crippen LogP contribution in [0.15, 0.2) is 54.6 Å². The number of rotatable bonds is 4. The van der Waals surface area contributed by atoms with Crippen LogP contribution in [0.5, 0.6) is 0 Å². The largest absolute Gasteiger partial charge is 0.356 e. The Labute approximate surface area is 149 Å². The van der Waals surface area contributed by atoms with Crippen molar-refractivity contribution in [2.24, 2.45) is 0 Å². The first kappa shape index (κ1) is 16.2. The molecule has 0 aromatic heterocycles. The van der Waals surface area contributed by atoms with E-state index in [-0.39, 0.29) is 5.91 Å². The molecule has 2 aromatic rings. The quantitative estimate of drug-likeness (QED) is 0.893. The lowest BCUT2D eigenvalue weighted by molar-refractivity contribution is 0.0682. The average Bonchev–Trinajstić information content (AvgIpc) is 2.99. The van der Waals surface area contributed by atoms with Crippen LogP contribution in [-0.2, 0) is 0 Å². The zero-order valence-corrected chi connectivity index (χ0v) is 14.6. The molecule has 4 nitrogen and oxygen atoms in total. The van der Waals surface area contributed by atoms with E-state index in [4.69, 9.17) is 0 Å². The van der Waals surface area contributed by atoms with Gasteiger partial charge in [-0.15, -0.1) is 0 Å². The first-order chi connectivity index (χ1) is 12.2. The van der Waals surface area contributed by atoms with E-state index in [1.54, 1.807) is 0 Å². The number of carbonyl (C=O) groups is 1. The summed E-state index contributed by atoms with van der Waals surface area (Å²) < 4.78 is 0. The molecule has 0 saturated carbocycles. The third-order valence-electron chi connectivity index (χ3n) is 5.49. The third kappa shape index (κ3) is 3.54. The summed E-state index contributed by atoms with van der Waals surface area (Å²) in [5.41, 5.74) is 2.71. The van der Waals surface area contributed by atoms with Crippen LogP contribution < -0.4 is 10.6 Å². The number of benzene rings is 2. The summed E-state index contributed by atoms with van der Waals surface area (Å²) in [6, 6.07) is 19.3. The molecule has 2 unspecified atom stereocenters. The average molecular weight is 335 g/mol. The Morgan fingerprint density at radius 1 is 1.00 bits per heavy atom. The summed E-state index contributed by atoms with van der Waals surface area (Å²) >= 11 is 0. The zero-order chi connectivity index (χ0) is 17.2. The van der Waals surface area contributed by atoms with Crippen molar-refractivity contribution >= 4 is 17.3 Å². The number of hydrogen-bond acceptors (Lipinski definition) is 3. The van der Waals surface area contributed by atoms with Gasteiger partial charge in [0.25, 0.3) is 5.91 Å². The fourth-order valence-corrected chi connectivity index (χ4v) is 4.13. The number of fused-ring (bicyclic) bond motifs is 2. The highest BCUT2D eigenvalue weighted by Crippen LogP contribution is 2.30. The minimum absolute atomic E-state index is 0.114. The van der Waals surface area contributed by atoms with Crippen molar-refractivity contribution in [3.8, 4) is 0 Å². The van der Waals surface area contributed by atoms with Crippen LogP contribution in [0.4, 0.5) is 11.4 Å². The van der Waals surface area contributed by atoms with Crippen LogP contribution in [0.2, 0.25) is 0 Å². The van der Waals surface area contributed by atoms with Crippen LogP contribution in [0.25, 0.3) is 0 Å². The molecule has 1 amide bonds. The Hall–Kier alpha value is -2.33. The SMILES string of the molecule is CN(C(=O)c1cccc(Nc2ccccc2)c1)C1CC2CCC(C1)N2. The van der Waals surface area contributed by atoms with Gasteiger partial charge in [-0.2, -0.15) is 0 Å². The molecule has 130 valence electrons. The highest BCUT2D eigenvalue weighted by Gasteiger charge is 2.36. The van der Waals surface area contributed by atoms with Crippen LogP contribution in [0.3, 0.4) is 0 Å².